The zero-order valence-electron chi connectivity index (χ0n) is 12.6. The second-order valence-corrected chi connectivity index (χ2v) is 6.38. The van der Waals surface area contributed by atoms with Gasteiger partial charge in [-0.2, -0.15) is 0 Å². The van der Waals surface area contributed by atoms with Gasteiger partial charge in [-0.15, -0.1) is 11.6 Å². The number of hydrogen-bond donors (Lipinski definition) is 0. The smallest absolute Gasteiger partial charge is 0.127 e. The average Bonchev–Trinajstić information content (AvgIpc) is 2.76. The van der Waals surface area contributed by atoms with Crippen LogP contribution in [-0.4, -0.2) is 48.3 Å². The lowest BCUT2D eigenvalue weighted by Crippen LogP contribution is -2.19. The van der Waals surface area contributed by atoms with E-state index in [1.54, 1.807) is 0 Å². The predicted octanol–water partition coefficient (Wildman–Crippen LogP) is 3.57. The molecule has 116 valence electrons. The Morgan fingerprint density at radius 2 is 2.10 bits per heavy atom. The number of likely N-dealkylation sites (N-methyl/N-ethyl adjacent to an activating group) is 1. The van der Waals surface area contributed by atoms with Gasteiger partial charge in [-0.05, 0) is 39.2 Å². The number of alkyl halides is 1. The third-order valence-corrected chi connectivity index (χ3v) is 3.67. The van der Waals surface area contributed by atoms with Crippen molar-refractivity contribution in [1.82, 2.24) is 14.5 Å². The third kappa shape index (κ3) is 4.33. The minimum Gasteiger partial charge on any atom is -0.378 e. The molecule has 1 unspecified atom stereocenters. The number of aromatic nitrogens is 2. The van der Waals surface area contributed by atoms with Crippen molar-refractivity contribution in [2.45, 2.75) is 18.8 Å². The van der Waals surface area contributed by atoms with Crippen molar-refractivity contribution in [2.24, 2.45) is 0 Å². The van der Waals surface area contributed by atoms with E-state index < -0.39 is 0 Å². The van der Waals surface area contributed by atoms with E-state index in [1.165, 1.54) is 0 Å². The van der Waals surface area contributed by atoms with Crippen LogP contribution in [0.5, 0.6) is 0 Å². The first-order valence-electron chi connectivity index (χ1n) is 7.01. The predicted molar refractivity (Wildman–Crippen MR) is 88.4 cm³/mol. The molecule has 2 rings (SSSR count). The first kappa shape index (κ1) is 16.6. The summed E-state index contributed by atoms with van der Waals surface area (Å²) in [7, 11) is 4.06. The SMILES string of the molecule is CC(Cl)c1nc2ccc(Cl)cc2n1CCOCCN(C)C. The van der Waals surface area contributed by atoms with Gasteiger partial charge in [0.2, 0.25) is 0 Å². The van der Waals surface area contributed by atoms with Crippen LogP contribution in [0, 0.1) is 0 Å². The van der Waals surface area contributed by atoms with Crippen molar-refractivity contribution >= 4 is 34.2 Å². The van der Waals surface area contributed by atoms with Crippen molar-refractivity contribution in [3.05, 3.63) is 29.0 Å². The lowest BCUT2D eigenvalue weighted by Gasteiger charge is -2.12. The zero-order chi connectivity index (χ0) is 15.4. The third-order valence-electron chi connectivity index (χ3n) is 3.24. The molecule has 0 aliphatic carbocycles. The van der Waals surface area contributed by atoms with Crippen LogP contribution in [0.15, 0.2) is 18.2 Å². The highest BCUT2D eigenvalue weighted by Crippen LogP contribution is 2.26. The fraction of sp³-hybridized carbons (Fsp3) is 0.533. The number of ether oxygens (including phenoxy) is 1. The molecular formula is C15H21Cl2N3O. The normalized spacial score (nSPS) is 13.2. The summed E-state index contributed by atoms with van der Waals surface area (Å²) in [5.41, 5.74) is 1.91. The van der Waals surface area contributed by atoms with E-state index in [4.69, 9.17) is 27.9 Å². The molecule has 0 saturated heterocycles. The fourth-order valence-corrected chi connectivity index (χ4v) is 2.49. The Labute approximate surface area is 135 Å². The van der Waals surface area contributed by atoms with Crippen LogP contribution < -0.4 is 0 Å². The highest BCUT2D eigenvalue weighted by atomic mass is 35.5. The van der Waals surface area contributed by atoms with Crippen LogP contribution >= 0.6 is 23.2 Å². The van der Waals surface area contributed by atoms with E-state index in [0.717, 1.165) is 29.9 Å². The van der Waals surface area contributed by atoms with Crippen LogP contribution in [0.2, 0.25) is 5.02 Å². The zero-order valence-corrected chi connectivity index (χ0v) is 14.2. The van der Waals surface area contributed by atoms with Crippen molar-refractivity contribution in [1.29, 1.82) is 0 Å². The summed E-state index contributed by atoms with van der Waals surface area (Å²) in [6, 6.07) is 5.69. The highest BCUT2D eigenvalue weighted by Gasteiger charge is 2.15. The molecule has 0 radical (unpaired) electrons. The summed E-state index contributed by atoms with van der Waals surface area (Å²) in [6.07, 6.45) is 0. The molecule has 0 saturated carbocycles. The molecule has 0 aliphatic rings. The first-order valence-corrected chi connectivity index (χ1v) is 7.82. The van der Waals surface area contributed by atoms with Gasteiger partial charge in [0.1, 0.15) is 5.82 Å². The molecule has 1 aromatic heterocycles. The lowest BCUT2D eigenvalue weighted by molar-refractivity contribution is 0.111. The molecule has 0 bridgehead atoms. The van der Waals surface area contributed by atoms with Crippen LogP contribution in [0.3, 0.4) is 0 Å². The van der Waals surface area contributed by atoms with Gasteiger partial charge < -0.3 is 14.2 Å². The molecule has 0 N–H and O–H groups in total. The molecule has 1 heterocycles. The summed E-state index contributed by atoms with van der Waals surface area (Å²) in [6.45, 7) is 4.90. The van der Waals surface area contributed by atoms with E-state index in [-0.39, 0.29) is 5.38 Å². The Morgan fingerprint density at radius 1 is 1.33 bits per heavy atom. The van der Waals surface area contributed by atoms with Gasteiger partial charge >= 0.3 is 0 Å². The van der Waals surface area contributed by atoms with Gasteiger partial charge in [-0.3, -0.25) is 0 Å². The number of halogens is 2. The van der Waals surface area contributed by atoms with Crippen LogP contribution in [0.1, 0.15) is 18.1 Å². The summed E-state index contributed by atoms with van der Waals surface area (Å²) < 4.78 is 7.76. The van der Waals surface area contributed by atoms with Gasteiger partial charge in [0, 0.05) is 18.1 Å². The minimum atomic E-state index is -0.155. The molecule has 4 nitrogen and oxygen atoms in total. The van der Waals surface area contributed by atoms with Gasteiger partial charge in [-0.1, -0.05) is 11.6 Å². The Morgan fingerprint density at radius 3 is 2.76 bits per heavy atom. The largest absolute Gasteiger partial charge is 0.378 e. The van der Waals surface area contributed by atoms with Gasteiger partial charge in [0.15, 0.2) is 0 Å². The molecule has 21 heavy (non-hydrogen) atoms. The van der Waals surface area contributed by atoms with Crippen LogP contribution in [-0.2, 0) is 11.3 Å². The molecule has 0 fully saturated rings. The average molecular weight is 330 g/mol. The number of fused-ring (bicyclic) bond motifs is 1. The van der Waals surface area contributed by atoms with E-state index in [1.807, 2.05) is 39.2 Å². The first-order chi connectivity index (χ1) is 9.99. The molecule has 2 aromatic rings. The Hall–Kier alpha value is -0.810. The van der Waals surface area contributed by atoms with Crippen LogP contribution in [0.4, 0.5) is 0 Å². The second-order valence-electron chi connectivity index (χ2n) is 5.29. The van der Waals surface area contributed by atoms with Crippen molar-refractivity contribution in [2.75, 3.05) is 33.9 Å². The Bertz CT molecular complexity index is 596. The molecule has 0 aliphatic heterocycles. The maximum Gasteiger partial charge on any atom is 0.127 e. The quantitative estimate of drug-likeness (QED) is 0.574. The van der Waals surface area contributed by atoms with E-state index in [9.17, 15) is 0 Å². The Kier molecular flexibility index (Phi) is 5.88. The number of nitrogens with zero attached hydrogens (tertiary/aromatic N) is 3. The summed E-state index contributed by atoms with van der Waals surface area (Å²) in [5.74, 6) is 0.852. The molecule has 0 amide bonds. The van der Waals surface area contributed by atoms with Crippen molar-refractivity contribution in [3.63, 3.8) is 0 Å². The maximum absolute atomic E-state index is 6.24. The minimum absolute atomic E-state index is 0.155. The number of benzene rings is 1. The standard InChI is InChI=1S/C15H21Cl2N3O/c1-11(16)15-18-13-5-4-12(17)10-14(13)20(15)7-9-21-8-6-19(2)3/h4-5,10-11H,6-9H2,1-3H3. The number of imidazole rings is 1. The van der Waals surface area contributed by atoms with Crippen LogP contribution in [0.25, 0.3) is 11.0 Å². The van der Waals surface area contributed by atoms with Gasteiger partial charge in [0.25, 0.3) is 0 Å². The maximum atomic E-state index is 6.24. The topological polar surface area (TPSA) is 30.3 Å². The summed E-state index contributed by atoms with van der Waals surface area (Å²) >= 11 is 12.3. The summed E-state index contributed by atoms with van der Waals surface area (Å²) in [5, 5.41) is 0.545. The van der Waals surface area contributed by atoms with E-state index in [2.05, 4.69) is 14.5 Å². The summed E-state index contributed by atoms with van der Waals surface area (Å²) in [4.78, 5) is 6.68. The lowest BCUT2D eigenvalue weighted by atomic mass is 10.3. The van der Waals surface area contributed by atoms with Gasteiger partial charge in [0.05, 0.1) is 29.6 Å². The molecule has 6 heteroatoms. The molecular weight excluding hydrogens is 309 g/mol. The van der Waals surface area contributed by atoms with Crippen molar-refractivity contribution in [3.8, 4) is 0 Å². The van der Waals surface area contributed by atoms with Gasteiger partial charge in [-0.25, -0.2) is 4.98 Å². The number of rotatable bonds is 7. The van der Waals surface area contributed by atoms with E-state index in [0.29, 0.717) is 18.2 Å². The van der Waals surface area contributed by atoms with E-state index >= 15 is 0 Å². The second kappa shape index (κ2) is 7.45. The van der Waals surface area contributed by atoms with Crippen molar-refractivity contribution < 1.29 is 4.74 Å². The Balaban J connectivity index is 2.12. The highest BCUT2D eigenvalue weighted by molar-refractivity contribution is 6.31. The number of hydrogen-bond acceptors (Lipinski definition) is 3. The fourth-order valence-electron chi connectivity index (χ4n) is 2.16. The molecule has 0 spiro atoms. The monoisotopic (exact) mass is 329 g/mol. The molecule has 1 aromatic carbocycles. The molecule has 1 atom stereocenters.